The Morgan fingerprint density at radius 2 is 2.29 bits per heavy atom. The summed E-state index contributed by atoms with van der Waals surface area (Å²) in [6.45, 7) is 4.17. The molecule has 1 fully saturated rings. The number of aromatic hydroxyl groups is 1. The van der Waals surface area contributed by atoms with E-state index in [1.807, 2.05) is 4.90 Å². The van der Waals surface area contributed by atoms with E-state index in [-0.39, 0.29) is 17.7 Å². The maximum atomic E-state index is 12.4. The van der Waals surface area contributed by atoms with E-state index in [0.29, 0.717) is 11.6 Å². The fraction of sp³-hybridized carbons (Fsp3) is 0.538. The van der Waals surface area contributed by atoms with Gasteiger partial charge in [-0.25, -0.2) is 0 Å². The summed E-state index contributed by atoms with van der Waals surface area (Å²) in [7, 11) is 0. The molecule has 1 aliphatic heterocycles. The van der Waals surface area contributed by atoms with Crippen LogP contribution < -0.4 is 0 Å². The van der Waals surface area contributed by atoms with E-state index in [1.54, 1.807) is 0 Å². The van der Waals surface area contributed by atoms with Crippen molar-refractivity contribution in [3.8, 4) is 5.75 Å². The lowest BCUT2D eigenvalue weighted by atomic mass is 10.1. The quantitative estimate of drug-likeness (QED) is 0.853. The zero-order valence-electron chi connectivity index (χ0n) is 10.3. The van der Waals surface area contributed by atoms with E-state index in [9.17, 15) is 9.90 Å². The molecule has 1 saturated heterocycles. The number of likely N-dealkylation sites (tertiary alicyclic amines) is 1. The molecule has 0 spiro atoms. The van der Waals surface area contributed by atoms with Gasteiger partial charge in [0.25, 0.3) is 5.91 Å². The maximum absolute atomic E-state index is 12.4. The monoisotopic (exact) mass is 234 g/mol. The van der Waals surface area contributed by atoms with Crippen molar-refractivity contribution < 1.29 is 9.90 Å². The van der Waals surface area contributed by atoms with Gasteiger partial charge in [-0.2, -0.15) is 0 Å². The van der Waals surface area contributed by atoms with Crippen LogP contribution in [-0.2, 0) is 0 Å². The standard InChI is InChI=1S/C13H18N2O2/c1-3-11-5-4-9(2)15(11)13(17)10-6-12(16)8-14-7-10/h6-9,11,16H,3-5H2,1-2H3. The molecule has 0 radical (unpaired) electrons. The van der Waals surface area contributed by atoms with Gasteiger partial charge in [0.15, 0.2) is 0 Å². The molecule has 1 aromatic rings. The van der Waals surface area contributed by atoms with Gasteiger partial charge in [-0.3, -0.25) is 9.78 Å². The number of amides is 1. The summed E-state index contributed by atoms with van der Waals surface area (Å²) in [5.74, 6) is 0.0148. The number of rotatable bonds is 2. The lowest BCUT2D eigenvalue weighted by molar-refractivity contribution is 0.0675. The van der Waals surface area contributed by atoms with Crippen LogP contribution >= 0.6 is 0 Å². The molecule has 4 heteroatoms. The molecule has 2 atom stereocenters. The first-order valence-corrected chi connectivity index (χ1v) is 6.10. The van der Waals surface area contributed by atoms with Crippen LogP contribution in [-0.4, -0.2) is 33.0 Å². The number of hydrogen-bond donors (Lipinski definition) is 1. The van der Waals surface area contributed by atoms with E-state index >= 15 is 0 Å². The Bertz CT molecular complexity index is 420. The van der Waals surface area contributed by atoms with Crippen LogP contribution in [0.3, 0.4) is 0 Å². The molecule has 1 N–H and O–H groups in total. The van der Waals surface area contributed by atoms with Gasteiger partial charge < -0.3 is 10.0 Å². The summed E-state index contributed by atoms with van der Waals surface area (Å²) in [6.07, 6.45) is 5.94. The smallest absolute Gasteiger partial charge is 0.256 e. The first-order chi connectivity index (χ1) is 8.13. The van der Waals surface area contributed by atoms with E-state index in [1.165, 1.54) is 18.5 Å². The average molecular weight is 234 g/mol. The largest absolute Gasteiger partial charge is 0.506 e. The second-order valence-electron chi connectivity index (χ2n) is 4.63. The Hall–Kier alpha value is -1.58. The Balaban J connectivity index is 2.24. The van der Waals surface area contributed by atoms with Gasteiger partial charge in [0, 0.05) is 18.3 Å². The van der Waals surface area contributed by atoms with Crippen molar-refractivity contribution in [3.05, 3.63) is 24.0 Å². The zero-order chi connectivity index (χ0) is 12.4. The minimum atomic E-state index is -0.0229. The van der Waals surface area contributed by atoms with Crippen molar-refractivity contribution in [2.24, 2.45) is 0 Å². The number of carbonyl (C=O) groups excluding carboxylic acids is 1. The highest BCUT2D eigenvalue weighted by Gasteiger charge is 2.33. The van der Waals surface area contributed by atoms with E-state index in [4.69, 9.17) is 0 Å². The lowest BCUT2D eigenvalue weighted by Gasteiger charge is -2.28. The number of pyridine rings is 1. The summed E-state index contributed by atoms with van der Waals surface area (Å²) in [6, 6.07) is 2.07. The Labute approximate surface area is 101 Å². The highest BCUT2D eigenvalue weighted by molar-refractivity contribution is 5.94. The van der Waals surface area contributed by atoms with Gasteiger partial charge in [0.2, 0.25) is 0 Å². The topological polar surface area (TPSA) is 53.4 Å². The Morgan fingerprint density at radius 3 is 2.94 bits per heavy atom. The van der Waals surface area contributed by atoms with E-state index < -0.39 is 0 Å². The van der Waals surface area contributed by atoms with Crippen LogP contribution in [0, 0.1) is 0 Å². The fourth-order valence-electron chi connectivity index (χ4n) is 2.53. The summed E-state index contributed by atoms with van der Waals surface area (Å²) >= 11 is 0. The van der Waals surface area contributed by atoms with Gasteiger partial charge in [-0.05, 0) is 32.3 Å². The number of aromatic nitrogens is 1. The SMILES string of the molecule is CCC1CCC(C)N1C(=O)c1cncc(O)c1. The summed E-state index contributed by atoms with van der Waals surface area (Å²) < 4.78 is 0. The minimum Gasteiger partial charge on any atom is -0.506 e. The van der Waals surface area contributed by atoms with E-state index in [2.05, 4.69) is 18.8 Å². The van der Waals surface area contributed by atoms with Crippen molar-refractivity contribution in [1.82, 2.24) is 9.88 Å². The second kappa shape index (κ2) is 4.73. The molecule has 17 heavy (non-hydrogen) atoms. The third kappa shape index (κ3) is 2.25. The van der Waals surface area contributed by atoms with Crippen molar-refractivity contribution in [2.45, 2.75) is 45.2 Å². The number of nitrogens with zero attached hydrogens (tertiary/aromatic N) is 2. The van der Waals surface area contributed by atoms with Crippen molar-refractivity contribution in [1.29, 1.82) is 0 Å². The summed E-state index contributed by atoms with van der Waals surface area (Å²) in [5.41, 5.74) is 0.470. The normalized spacial score (nSPS) is 24.0. The van der Waals surface area contributed by atoms with E-state index in [0.717, 1.165) is 19.3 Å². The van der Waals surface area contributed by atoms with Crippen LogP contribution in [0.15, 0.2) is 18.5 Å². The van der Waals surface area contributed by atoms with Gasteiger partial charge in [0.05, 0.1) is 11.8 Å². The average Bonchev–Trinajstić information content (AvgIpc) is 2.69. The van der Waals surface area contributed by atoms with Gasteiger partial charge >= 0.3 is 0 Å². The van der Waals surface area contributed by atoms with Crippen LogP contribution in [0.4, 0.5) is 0 Å². The lowest BCUT2D eigenvalue weighted by Crippen LogP contribution is -2.39. The molecule has 0 saturated carbocycles. The molecule has 2 rings (SSSR count). The fourth-order valence-corrected chi connectivity index (χ4v) is 2.53. The van der Waals surface area contributed by atoms with Crippen molar-refractivity contribution >= 4 is 5.91 Å². The second-order valence-corrected chi connectivity index (χ2v) is 4.63. The highest BCUT2D eigenvalue weighted by atomic mass is 16.3. The molecular formula is C13H18N2O2. The zero-order valence-corrected chi connectivity index (χ0v) is 10.3. The molecular weight excluding hydrogens is 216 g/mol. The third-order valence-electron chi connectivity index (χ3n) is 3.46. The molecule has 0 aliphatic carbocycles. The predicted octanol–water partition coefficient (Wildman–Crippen LogP) is 2.19. The predicted molar refractivity (Wildman–Crippen MR) is 64.8 cm³/mol. The first kappa shape index (κ1) is 11.9. The van der Waals surface area contributed by atoms with Crippen molar-refractivity contribution in [3.63, 3.8) is 0 Å². The molecule has 1 aliphatic rings. The molecule has 2 heterocycles. The van der Waals surface area contributed by atoms with Gasteiger partial charge in [-0.1, -0.05) is 6.92 Å². The summed E-state index contributed by atoms with van der Waals surface area (Å²) in [5, 5.41) is 9.36. The van der Waals surface area contributed by atoms with Crippen LogP contribution in [0.25, 0.3) is 0 Å². The molecule has 2 unspecified atom stereocenters. The molecule has 4 nitrogen and oxygen atoms in total. The molecule has 92 valence electrons. The minimum absolute atomic E-state index is 0.0229. The summed E-state index contributed by atoms with van der Waals surface area (Å²) in [4.78, 5) is 18.1. The first-order valence-electron chi connectivity index (χ1n) is 6.10. The Morgan fingerprint density at radius 1 is 1.53 bits per heavy atom. The number of hydrogen-bond acceptors (Lipinski definition) is 3. The third-order valence-corrected chi connectivity index (χ3v) is 3.46. The molecule has 0 aromatic carbocycles. The number of carbonyl (C=O) groups is 1. The van der Waals surface area contributed by atoms with Crippen molar-refractivity contribution in [2.75, 3.05) is 0 Å². The molecule has 1 amide bonds. The Kier molecular flexibility index (Phi) is 3.31. The van der Waals surface area contributed by atoms with Gasteiger partial charge in [-0.15, -0.1) is 0 Å². The molecule has 0 bridgehead atoms. The van der Waals surface area contributed by atoms with Gasteiger partial charge in [0.1, 0.15) is 5.75 Å². The van der Waals surface area contributed by atoms with Crippen LogP contribution in [0.1, 0.15) is 43.5 Å². The van der Waals surface area contributed by atoms with Crippen LogP contribution in [0.5, 0.6) is 5.75 Å². The highest BCUT2D eigenvalue weighted by Crippen LogP contribution is 2.28. The molecule has 1 aromatic heterocycles. The maximum Gasteiger partial charge on any atom is 0.256 e. The van der Waals surface area contributed by atoms with Crippen LogP contribution in [0.2, 0.25) is 0 Å².